The van der Waals surface area contributed by atoms with E-state index < -0.39 is 5.91 Å². The van der Waals surface area contributed by atoms with E-state index >= 15 is 0 Å². The molecule has 0 aromatic carbocycles. The highest BCUT2D eigenvalue weighted by Crippen LogP contribution is 2.42. The number of H-pyrrole nitrogens is 1. The number of primary amides is 1. The van der Waals surface area contributed by atoms with Gasteiger partial charge in [0.25, 0.3) is 5.91 Å². The van der Waals surface area contributed by atoms with E-state index in [4.69, 9.17) is 5.73 Å². The maximum absolute atomic E-state index is 11.9. The van der Waals surface area contributed by atoms with E-state index in [1.54, 1.807) is 4.52 Å². The SMILES string of the molecule is CCC(CC)(CCC#N)c1[nH]c2c(C(N)=O)cnn2c1NC(C)(C)CC(C)(C)C. The molecule has 0 aliphatic heterocycles. The standard InChI is InChI=1S/C22H36N6O/c1-8-22(9-2,11-10-12-23)16-19(27-21(6,7)14-20(3,4)5)28-18(26-16)15(13-25-28)17(24)29/h13,26-27H,8-11,14H2,1-7H3,(H2,24,29). The van der Waals surface area contributed by atoms with Gasteiger partial charge in [-0.2, -0.15) is 14.9 Å². The van der Waals surface area contributed by atoms with Crippen LogP contribution in [0.3, 0.4) is 0 Å². The number of amides is 1. The summed E-state index contributed by atoms with van der Waals surface area (Å²) in [5, 5.41) is 17.4. The predicted molar refractivity (Wildman–Crippen MR) is 117 cm³/mol. The summed E-state index contributed by atoms with van der Waals surface area (Å²) in [5.41, 5.74) is 7.25. The first-order valence-corrected chi connectivity index (χ1v) is 10.4. The number of carbonyl (C=O) groups is 1. The highest BCUT2D eigenvalue weighted by Gasteiger charge is 2.37. The van der Waals surface area contributed by atoms with Crippen LogP contribution in [0, 0.1) is 16.7 Å². The predicted octanol–water partition coefficient (Wildman–Crippen LogP) is 4.75. The van der Waals surface area contributed by atoms with Crippen molar-refractivity contribution in [2.24, 2.45) is 11.1 Å². The molecule has 0 bridgehead atoms. The smallest absolute Gasteiger partial charge is 0.254 e. The zero-order valence-electron chi connectivity index (χ0n) is 18.9. The van der Waals surface area contributed by atoms with E-state index in [-0.39, 0.29) is 16.4 Å². The number of aromatic amines is 1. The number of hydrogen-bond donors (Lipinski definition) is 3. The third-order valence-electron chi connectivity index (χ3n) is 5.75. The van der Waals surface area contributed by atoms with E-state index in [9.17, 15) is 10.1 Å². The topological polar surface area (TPSA) is 112 Å². The summed E-state index contributed by atoms with van der Waals surface area (Å²) in [6.07, 6.45) is 5.40. The Hall–Kier alpha value is -2.49. The van der Waals surface area contributed by atoms with Crippen LogP contribution in [0.1, 0.15) is 96.6 Å². The first kappa shape index (κ1) is 22.8. The summed E-state index contributed by atoms with van der Waals surface area (Å²) in [6.45, 7) is 15.3. The van der Waals surface area contributed by atoms with Gasteiger partial charge in [-0.05, 0) is 44.9 Å². The van der Waals surface area contributed by atoms with E-state index in [0.29, 0.717) is 17.6 Å². The molecule has 7 heteroatoms. The van der Waals surface area contributed by atoms with Crippen molar-refractivity contribution in [2.45, 2.75) is 91.5 Å². The Morgan fingerprint density at radius 2 is 1.90 bits per heavy atom. The summed E-state index contributed by atoms with van der Waals surface area (Å²) < 4.78 is 1.76. The maximum Gasteiger partial charge on any atom is 0.254 e. The Balaban J connectivity index is 2.69. The van der Waals surface area contributed by atoms with Gasteiger partial charge in [-0.3, -0.25) is 4.79 Å². The number of fused-ring (bicyclic) bond motifs is 1. The molecule has 0 spiro atoms. The summed E-state index contributed by atoms with van der Waals surface area (Å²) in [4.78, 5) is 15.4. The van der Waals surface area contributed by atoms with Gasteiger partial charge < -0.3 is 16.0 Å². The van der Waals surface area contributed by atoms with Gasteiger partial charge in [-0.15, -0.1) is 0 Å². The lowest BCUT2D eigenvalue weighted by atomic mass is 9.75. The van der Waals surface area contributed by atoms with Crippen molar-refractivity contribution in [3.05, 3.63) is 17.5 Å². The monoisotopic (exact) mass is 400 g/mol. The Labute approximate surface area is 174 Å². The highest BCUT2D eigenvalue weighted by atomic mass is 16.1. The summed E-state index contributed by atoms with van der Waals surface area (Å²) in [5.74, 6) is 0.340. The Bertz CT molecular complexity index is 902. The Morgan fingerprint density at radius 3 is 2.38 bits per heavy atom. The van der Waals surface area contributed by atoms with E-state index in [1.807, 2.05) is 0 Å². The number of nitriles is 1. The van der Waals surface area contributed by atoms with E-state index in [0.717, 1.165) is 37.2 Å². The van der Waals surface area contributed by atoms with Gasteiger partial charge in [-0.1, -0.05) is 34.6 Å². The van der Waals surface area contributed by atoms with Crippen LogP contribution in [-0.2, 0) is 5.41 Å². The number of hydrogen-bond acceptors (Lipinski definition) is 4. The van der Waals surface area contributed by atoms with Gasteiger partial charge in [0.15, 0.2) is 0 Å². The molecule has 2 aromatic heterocycles. The summed E-state index contributed by atoms with van der Waals surface area (Å²) in [7, 11) is 0. The van der Waals surface area contributed by atoms with Gasteiger partial charge in [0, 0.05) is 17.4 Å². The summed E-state index contributed by atoms with van der Waals surface area (Å²) >= 11 is 0. The largest absolute Gasteiger partial charge is 0.365 e. The van der Waals surface area contributed by atoms with Crippen molar-refractivity contribution in [1.29, 1.82) is 5.26 Å². The molecule has 1 amide bonds. The minimum atomic E-state index is -0.510. The summed E-state index contributed by atoms with van der Waals surface area (Å²) in [6, 6.07) is 2.29. The molecule has 0 saturated carbocycles. The number of nitrogens with one attached hydrogen (secondary N) is 2. The van der Waals surface area contributed by atoms with E-state index in [1.165, 1.54) is 6.20 Å². The molecule has 0 aliphatic rings. The van der Waals surface area contributed by atoms with Crippen molar-refractivity contribution in [3.8, 4) is 6.07 Å². The molecule has 29 heavy (non-hydrogen) atoms. The number of nitrogens with two attached hydrogens (primary N) is 1. The van der Waals surface area contributed by atoms with Gasteiger partial charge >= 0.3 is 0 Å². The first-order chi connectivity index (χ1) is 13.4. The number of imidazole rings is 1. The van der Waals surface area contributed by atoms with Crippen LogP contribution < -0.4 is 11.1 Å². The van der Waals surface area contributed by atoms with Crippen molar-refractivity contribution in [2.75, 3.05) is 5.32 Å². The molecule has 2 rings (SSSR count). The molecular weight excluding hydrogens is 364 g/mol. The molecule has 0 fully saturated rings. The second kappa shape index (κ2) is 8.10. The maximum atomic E-state index is 11.9. The van der Waals surface area contributed by atoms with Crippen LogP contribution in [0.15, 0.2) is 6.20 Å². The van der Waals surface area contributed by atoms with E-state index in [2.05, 4.69) is 69.9 Å². The lowest BCUT2D eigenvalue weighted by molar-refractivity contribution is 0.100. The van der Waals surface area contributed by atoms with Crippen LogP contribution in [0.25, 0.3) is 5.65 Å². The molecule has 0 radical (unpaired) electrons. The van der Waals surface area contributed by atoms with Crippen LogP contribution in [0.2, 0.25) is 0 Å². The molecule has 0 atom stereocenters. The van der Waals surface area contributed by atoms with Gasteiger partial charge in [0.05, 0.1) is 18.0 Å². The number of anilines is 1. The molecular formula is C22H36N6O. The second-order valence-electron chi connectivity index (χ2n) is 9.92. The van der Waals surface area contributed by atoms with Crippen LogP contribution in [0.5, 0.6) is 0 Å². The molecule has 0 aliphatic carbocycles. The average molecular weight is 401 g/mol. The quantitative estimate of drug-likeness (QED) is 0.564. The molecule has 0 saturated heterocycles. The lowest BCUT2D eigenvalue weighted by Gasteiger charge is -2.36. The zero-order valence-corrected chi connectivity index (χ0v) is 18.9. The van der Waals surface area contributed by atoms with Crippen molar-refractivity contribution in [3.63, 3.8) is 0 Å². The minimum absolute atomic E-state index is 0.141. The molecule has 4 N–H and O–H groups in total. The Morgan fingerprint density at radius 1 is 1.28 bits per heavy atom. The number of nitrogens with zero attached hydrogens (tertiary/aromatic N) is 3. The third kappa shape index (κ3) is 4.75. The van der Waals surface area contributed by atoms with Gasteiger partial charge in [0.1, 0.15) is 17.0 Å². The fourth-order valence-electron chi connectivity index (χ4n) is 4.67. The fourth-order valence-corrected chi connectivity index (χ4v) is 4.67. The molecule has 0 unspecified atom stereocenters. The average Bonchev–Trinajstić information content (AvgIpc) is 3.15. The van der Waals surface area contributed by atoms with Crippen molar-refractivity contribution >= 4 is 17.4 Å². The molecule has 160 valence electrons. The van der Waals surface area contributed by atoms with Crippen LogP contribution >= 0.6 is 0 Å². The van der Waals surface area contributed by atoms with Crippen LogP contribution in [-0.4, -0.2) is 26.0 Å². The molecule has 2 heterocycles. The van der Waals surface area contributed by atoms with Gasteiger partial charge in [-0.25, -0.2) is 0 Å². The Kier molecular flexibility index (Phi) is 6.36. The number of aromatic nitrogens is 3. The zero-order chi connectivity index (χ0) is 22.0. The number of rotatable bonds is 9. The van der Waals surface area contributed by atoms with Crippen molar-refractivity contribution in [1.82, 2.24) is 14.6 Å². The molecule has 7 nitrogen and oxygen atoms in total. The normalized spacial score (nSPS) is 12.9. The molecule has 2 aromatic rings. The van der Waals surface area contributed by atoms with Crippen LogP contribution in [0.4, 0.5) is 5.82 Å². The fraction of sp³-hybridized carbons (Fsp3) is 0.682. The van der Waals surface area contributed by atoms with Crippen molar-refractivity contribution < 1.29 is 4.79 Å². The minimum Gasteiger partial charge on any atom is -0.365 e. The van der Waals surface area contributed by atoms with Gasteiger partial charge in [0.2, 0.25) is 0 Å². The first-order valence-electron chi connectivity index (χ1n) is 10.4. The number of carbonyl (C=O) groups excluding carboxylic acids is 1. The third-order valence-corrected chi connectivity index (χ3v) is 5.75. The highest BCUT2D eigenvalue weighted by molar-refractivity contribution is 5.99. The second-order valence-corrected chi connectivity index (χ2v) is 9.92. The lowest BCUT2D eigenvalue weighted by Crippen LogP contribution is -2.37.